The first-order valence-corrected chi connectivity index (χ1v) is 6.51. The normalized spacial score (nSPS) is 17.6. The summed E-state index contributed by atoms with van der Waals surface area (Å²) in [6, 6.07) is 14.7. The van der Waals surface area contributed by atoms with E-state index in [1.807, 2.05) is 6.07 Å². The summed E-state index contributed by atoms with van der Waals surface area (Å²) in [5.74, 6) is 0.469. The van der Waals surface area contributed by atoms with Gasteiger partial charge in [-0.15, -0.1) is 12.4 Å². The predicted molar refractivity (Wildman–Crippen MR) is 78.1 cm³/mol. The third-order valence-corrected chi connectivity index (χ3v) is 3.96. The van der Waals surface area contributed by atoms with E-state index in [2.05, 4.69) is 36.4 Å². The molecule has 3 rings (SSSR count). The lowest BCUT2D eigenvalue weighted by molar-refractivity contribution is 0.112. The van der Waals surface area contributed by atoms with Gasteiger partial charge in [0, 0.05) is 0 Å². The Bertz CT molecular complexity index is 517. The van der Waals surface area contributed by atoms with Crippen LogP contribution in [0.2, 0.25) is 0 Å². The largest absolute Gasteiger partial charge is 0.388 e. The highest BCUT2D eigenvalue weighted by atomic mass is 35.5. The van der Waals surface area contributed by atoms with Gasteiger partial charge in [0.05, 0.1) is 6.10 Å². The van der Waals surface area contributed by atoms with Gasteiger partial charge in [-0.25, -0.2) is 0 Å². The van der Waals surface area contributed by atoms with Crippen molar-refractivity contribution in [3.63, 3.8) is 0 Å². The zero-order valence-electron chi connectivity index (χ0n) is 10.4. The summed E-state index contributed by atoms with van der Waals surface area (Å²) >= 11 is 0. The zero-order chi connectivity index (χ0) is 11.7. The molecular weight excluding hydrogens is 244 g/mol. The van der Waals surface area contributed by atoms with Gasteiger partial charge in [0.25, 0.3) is 0 Å². The van der Waals surface area contributed by atoms with Crippen molar-refractivity contribution in [3.8, 4) is 0 Å². The standard InChI is InChI=1S/C16H18O.ClH/c17-16(13-6-2-3-7-13)15-10-9-12-5-1-4-8-14(12)11-15;/h1,4-5,8-11,13,16-17H,2-3,6-7H2;1H/t16-;/m1./s1. The number of aliphatic hydroxyl groups is 1. The molecule has 96 valence electrons. The van der Waals surface area contributed by atoms with Crippen LogP contribution in [-0.4, -0.2) is 5.11 Å². The van der Waals surface area contributed by atoms with E-state index in [1.165, 1.54) is 36.5 Å². The predicted octanol–water partition coefficient (Wildman–Crippen LogP) is 4.49. The molecule has 0 aliphatic heterocycles. The van der Waals surface area contributed by atoms with Crippen LogP contribution in [0.3, 0.4) is 0 Å². The number of hydrogen-bond acceptors (Lipinski definition) is 1. The third-order valence-electron chi connectivity index (χ3n) is 3.96. The van der Waals surface area contributed by atoms with E-state index in [-0.39, 0.29) is 18.5 Å². The van der Waals surface area contributed by atoms with Crippen molar-refractivity contribution in [2.45, 2.75) is 31.8 Å². The van der Waals surface area contributed by atoms with Gasteiger partial charge in [-0.3, -0.25) is 0 Å². The Morgan fingerprint density at radius 1 is 0.944 bits per heavy atom. The molecular formula is C16H19ClO. The first-order valence-electron chi connectivity index (χ1n) is 6.51. The van der Waals surface area contributed by atoms with Crippen LogP contribution in [-0.2, 0) is 0 Å². The average molecular weight is 263 g/mol. The molecule has 1 nitrogen and oxygen atoms in total. The Labute approximate surface area is 114 Å². The van der Waals surface area contributed by atoms with Crippen molar-refractivity contribution >= 4 is 23.2 Å². The molecule has 1 aliphatic carbocycles. The Balaban J connectivity index is 0.00000120. The minimum absolute atomic E-state index is 0. The molecule has 2 aromatic carbocycles. The van der Waals surface area contributed by atoms with Crippen molar-refractivity contribution in [2.75, 3.05) is 0 Å². The van der Waals surface area contributed by atoms with Crippen LogP contribution in [0, 0.1) is 5.92 Å². The van der Waals surface area contributed by atoms with Crippen molar-refractivity contribution in [1.82, 2.24) is 0 Å². The minimum atomic E-state index is -0.276. The van der Waals surface area contributed by atoms with Crippen molar-refractivity contribution in [3.05, 3.63) is 48.0 Å². The van der Waals surface area contributed by atoms with Crippen LogP contribution in [0.4, 0.5) is 0 Å². The molecule has 0 aromatic heterocycles. The lowest BCUT2D eigenvalue weighted by Gasteiger charge is -2.18. The lowest BCUT2D eigenvalue weighted by Crippen LogP contribution is -2.08. The molecule has 18 heavy (non-hydrogen) atoms. The highest BCUT2D eigenvalue weighted by molar-refractivity contribution is 5.85. The number of aliphatic hydroxyl groups excluding tert-OH is 1. The van der Waals surface area contributed by atoms with Crippen LogP contribution in [0.15, 0.2) is 42.5 Å². The van der Waals surface area contributed by atoms with Crippen molar-refractivity contribution in [1.29, 1.82) is 0 Å². The molecule has 0 saturated heterocycles. The van der Waals surface area contributed by atoms with Gasteiger partial charge >= 0.3 is 0 Å². The smallest absolute Gasteiger partial charge is 0.0818 e. The fourth-order valence-corrected chi connectivity index (χ4v) is 2.94. The average Bonchev–Trinajstić information content (AvgIpc) is 2.91. The number of rotatable bonds is 2. The van der Waals surface area contributed by atoms with Gasteiger partial charge in [0.2, 0.25) is 0 Å². The van der Waals surface area contributed by atoms with Gasteiger partial charge in [-0.1, -0.05) is 49.2 Å². The van der Waals surface area contributed by atoms with Gasteiger partial charge in [-0.2, -0.15) is 0 Å². The van der Waals surface area contributed by atoms with Gasteiger partial charge in [0.1, 0.15) is 0 Å². The molecule has 1 fully saturated rings. The van der Waals surface area contributed by atoms with Gasteiger partial charge in [0.15, 0.2) is 0 Å². The first-order chi connectivity index (χ1) is 8.34. The van der Waals surface area contributed by atoms with Crippen molar-refractivity contribution in [2.24, 2.45) is 5.92 Å². The molecule has 1 atom stereocenters. The summed E-state index contributed by atoms with van der Waals surface area (Å²) < 4.78 is 0. The summed E-state index contributed by atoms with van der Waals surface area (Å²) in [5.41, 5.74) is 1.08. The van der Waals surface area contributed by atoms with E-state index in [0.29, 0.717) is 5.92 Å². The molecule has 0 radical (unpaired) electrons. The fourth-order valence-electron chi connectivity index (χ4n) is 2.94. The summed E-state index contributed by atoms with van der Waals surface area (Å²) in [4.78, 5) is 0. The van der Waals surface area contributed by atoms with E-state index < -0.39 is 0 Å². The third kappa shape index (κ3) is 2.52. The van der Waals surface area contributed by atoms with E-state index >= 15 is 0 Å². The van der Waals surface area contributed by atoms with Crippen molar-refractivity contribution < 1.29 is 5.11 Å². The number of benzene rings is 2. The molecule has 0 unspecified atom stereocenters. The second kappa shape index (κ2) is 5.73. The highest BCUT2D eigenvalue weighted by Gasteiger charge is 2.24. The molecule has 0 amide bonds. The molecule has 2 heteroatoms. The molecule has 1 aliphatic rings. The van der Waals surface area contributed by atoms with E-state index in [0.717, 1.165) is 5.56 Å². The maximum Gasteiger partial charge on any atom is 0.0818 e. The molecule has 0 bridgehead atoms. The molecule has 0 heterocycles. The van der Waals surface area contributed by atoms with E-state index in [9.17, 15) is 5.11 Å². The summed E-state index contributed by atoms with van der Waals surface area (Å²) in [7, 11) is 0. The topological polar surface area (TPSA) is 20.2 Å². The molecule has 2 aromatic rings. The number of hydrogen-bond donors (Lipinski definition) is 1. The number of fused-ring (bicyclic) bond motifs is 1. The summed E-state index contributed by atoms with van der Waals surface area (Å²) in [6.45, 7) is 0. The second-order valence-corrected chi connectivity index (χ2v) is 5.10. The Kier molecular flexibility index (Phi) is 4.26. The maximum atomic E-state index is 10.4. The second-order valence-electron chi connectivity index (χ2n) is 5.10. The molecule has 1 saturated carbocycles. The Hall–Kier alpha value is -1.05. The lowest BCUT2D eigenvalue weighted by atomic mass is 9.93. The summed E-state index contributed by atoms with van der Waals surface area (Å²) in [5, 5.41) is 12.8. The molecule has 1 N–H and O–H groups in total. The van der Waals surface area contributed by atoms with Gasteiger partial charge in [-0.05, 0) is 41.2 Å². The Morgan fingerprint density at radius 3 is 2.33 bits per heavy atom. The quantitative estimate of drug-likeness (QED) is 0.846. The maximum absolute atomic E-state index is 10.4. The first kappa shape index (κ1) is 13.4. The SMILES string of the molecule is Cl.O[C@@H](c1ccc2ccccc2c1)C1CCCC1. The van der Waals surface area contributed by atoms with E-state index in [4.69, 9.17) is 0 Å². The van der Waals surface area contributed by atoms with Crippen LogP contribution in [0.25, 0.3) is 10.8 Å². The van der Waals surface area contributed by atoms with Crippen LogP contribution >= 0.6 is 12.4 Å². The van der Waals surface area contributed by atoms with Gasteiger partial charge < -0.3 is 5.11 Å². The summed E-state index contributed by atoms with van der Waals surface area (Å²) in [6.07, 6.45) is 4.62. The van der Waals surface area contributed by atoms with Crippen LogP contribution in [0.5, 0.6) is 0 Å². The van der Waals surface area contributed by atoms with Crippen LogP contribution in [0.1, 0.15) is 37.4 Å². The monoisotopic (exact) mass is 262 g/mol. The molecule has 0 spiro atoms. The van der Waals surface area contributed by atoms with Crippen LogP contribution < -0.4 is 0 Å². The minimum Gasteiger partial charge on any atom is -0.388 e. The zero-order valence-corrected chi connectivity index (χ0v) is 11.2. The van der Waals surface area contributed by atoms with E-state index in [1.54, 1.807) is 0 Å². The Morgan fingerprint density at radius 2 is 1.61 bits per heavy atom. The highest BCUT2D eigenvalue weighted by Crippen LogP contribution is 2.36. The number of halogens is 1. The fraction of sp³-hybridized carbons (Fsp3) is 0.375.